The number of rotatable bonds is 0. The van der Waals surface area contributed by atoms with Crippen LogP contribution in [-0.2, 0) is 0 Å². The minimum atomic E-state index is 0.673. The van der Waals surface area contributed by atoms with Gasteiger partial charge in [0.1, 0.15) is 0 Å². The molecule has 0 heterocycles. The third-order valence-corrected chi connectivity index (χ3v) is 6.74. The molecule has 1 atom stereocenters. The average Bonchev–Trinajstić information content (AvgIpc) is 3.04. The van der Waals surface area contributed by atoms with Gasteiger partial charge in [-0.2, -0.15) is 0 Å². The fraction of sp³-hybridized carbons (Fsp3) is 0.704. The summed E-state index contributed by atoms with van der Waals surface area (Å²) in [4.78, 5) is 0. The number of benzene rings is 1. The van der Waals surface area contributed by atoms with E-state index >= 15 is 0 Å². The van der Waals surface area contributed by atoms with Gasteiger partial charge in [0.25, 0.3) is 0 Å². The third-order valence-electron chi connectivity index (χ3n) is 6.74. The first-order chi connectivity index (χ1) is 13.4. The van der Waals surface area contributed by atoms with Gasteiger partial charge < -0.3 is 0 Å². The van der Waals surface area contributed by atoms with E-state index in [1.165, 1.54) is 121 Å². The first kappa shape index (κ1) is 20.7. The molecule has 1 saturated carbocycles. The monoisotopic (exact) mass is 365 g/mol. The van der Waals surface area contributed by atoms with E-state index in [0.29, 0.717) is 5.92 Å². The van der Waals surface area contributed by atoms with Gasteiger partial charge in [-0.15, -0.1) is 0 Å². The lowest BCUT2D eigenvalue weighted by Crippen LogP contribution is -2.00. The Labute approximate surface area is 168 Å². The van der Waals surface area contributed by atoms with Gasteiger partial charge in [0.2, 0.25) is 0 Å². The molecule has 0 amide bonds. The lowest BCUT2D eigenvalue weighted by Gasteiger charge is -2.17. The maximum Gasteiger partial charge on any atom is 0.00637 e. The maximum atomic E-state index is 3.79. The van der Waals surface area contributed by atoms with E-state index in [1.54, 1.807) is 11.1 Å². The summed E-state index contributed by atoms with van der Waals surface area (Å²) in [6, 6.07) is 9.04. The highest BCUT2D eigenvalue weighted by molar-refractivity contribution is 5.46. The third kappa shape index (κ3) is 7.13. The molecule has 0 bridgehead atoms. The van der Waals surface area contributed by atoms with Crippen molar-refractivity contribution in [2.24, 2.45) is 0 Å². The summed E-state index contributed by atoms with van der Waals surface area (Å²) in [5.41, 5.74) is 4.57. The Hall–Kier alpha value is -1.04. The summed E-state index contributed by atoms with van der Waals surface area (Å²) >= 11 is 0. The quantitative estimate of drug-likeness (QED) is 0.430. The van der Waals surface area contributed by atoms with Crippen LogP contribution in [0.2, 0.25) is 0 Å². The van der Waals surface area contributed by atoms with Gasteiger partial charge in [-0.3, -0.25) is 0 Å². The van der Waals surface area contributed by atoms with Crippen molar-refractivity contribution in [1.29, 1.82) is 0 Å². The SMILES string of the molecule is [C]1=C2CCCCCCCCCCCCCCCCCCC2c2ccccc21. The van der Waals surface area contributed by atoms with E-state index in [0.717, 1.165) is 0 Å². The van der Waals surface area contributed by atoms with Crippen molar-refractivity contribution in [2.45, 2.75) is 121 Å². The van der Waals surface area contributed by atoms with Crippen molar-refractivity contribution in [3.63, 3.8) is 0 Å². The van der Waals surface area contributed by atoms with E-state index in [2.05, 4.69) is 30.3 Å². The fourth-order valence-electron chi connectivity index (χ4n) is 5.07. The zero-order valence-corrected chi connectivity index (χ0v) is 17.6. The smallest absolute Gasteiger partial charge is 0.00637 e. The molecule has 0 N–H and O–H groups in total. The molecular weight excluding hydrogens is 324 g/mol. The Morgan fingerprint density at radius 1 is 0.556 bits per heavy atom. The summed E-state index contributed by atoms with van der Waals surface area (Å²) in [5, 5.41) is 0. The molecular formula is C27H41. The second kappa shape index (κ2) is 12.4. The lowest BCUT2D eigenvalue weighted by molar-refractivity contribution is 0.513. The molecule has 0 aliphatic heterocycles. The van der Waals surface area contributed by atoms with Crippen LogP contribution in [0.4, 0.5) is 0 Å². The highest BCUT2D eigenvalue weighted by atomic mass is 14.3. The Morgan fingerprint density at radius 2 is 1.04 bits per heavy atom. The molecule has 1 unspecified atom stereocenters. The first-order valence-electron chi connectivity index (χ1n) is 12.2. The largest absolute Gasteiger partial charge is 0.0619 e. The van der Waals surface area contributed by atoms with Gasteiger partial charge >= 0.3 is 0 Å². The predicted molar refractivity (Wildman–Crippen MR) is 118 cm³/mol. The lowest BCUT2D eigenvalue weighted by atomic mass is 9.87. The van der Waals surface area contributed by atoms with Crippen LogP contribution in [0.15, 0.2) is 29.8 Å². The van der Waals surface area contributed by atoms with E-state index in [4.69, 9.17) is 0 Å². The maximum absolute atomic E-state index is 3.79. The molecule has 0 nitrogen and oxygen atoms in total. The topological polar surface area (TPSA) is 0 Å². The average molecular weight is 366 g/mol. The van der Waals surface area contributed by atoms with Gasteiger partial charge in [0.05, 0.1) is 0 Å². The van der Waals surface area contributed by atoms with Crippen molar-refractivity contribution in [3.8, 4) is 0 Å². The summed E-state index contributed by atoms with van der Waals surface area (Å²) < 4.78 is 0. The van der Waals surface area contributed by atoms with Gasteiger partial charge in [-0.25, -0.2) is 0 Å². The van der Waals surface area contributed by atoms with Crippen molar-refractivity contribution in [1.82, 2.24) is 0 Å². The van der Waals surface area contributed by atoms with Gasteiger partial charge in [-0.05, 0) is 36.5 Å². The number of allylic oxidation sites excluding steroid dienone is 1. The molecule has 0 spiro atoms. The van der Waals surface area contributed by atoms with E-state index in [9.17, 15) is 0 Å². The molecule has 1 aromatic rings. The van der Waals surface area contributed by atoms with Crippen LogP contribution in [0, 0.1) is 6.08 Å². The number of fused-ring (bicyclic) bond motifs is 3. The van der Waals surface area contributed by atoms with E-state index < -0.39 is 0 Å². The molecule has 1 radical (unpaired) electrons. The fourth-order valence-corrected chi connectivity index (χ4v) is 5.07. The Bertz CT molecular complexity index is 553. The standard InChI is InChI=1S/C27H41/c1-2-4-6-8-10-12-14-16-21-26-24(19-15-13-11-9-7-5-3-1)23-25-20-17-18-22-27(25)26/h17-18,20,22,26H,1-16,19,21H2. The van der Waals surface area contributed by atoms with Crippen LogP contribution < -0.4 is 0 Å². The molecule has 3 rings (SSSR count). The molecule has 1 fully saturated rings. The molecule has 149 valence electrons. The van der Waals surface area contributed by atoms with Crippen LogP contribution in [-0.4, -0.2) is 0 Å². The molecule has 0 saturated heterocycles. The molecule has 27 heavy (non-hydrogen) atoms. The Morgan fingerprint density at radius 3 is 1.63 bits per heavy atom. The highest BCUT2D eigenvalue weighted by Crippen LogP contribution is 2.40. The zero-order valence-electron chi connectivity index (χ0n) is 17.6. The van der Waals surface area contributed by atoms with Gasteiger partial charge in [0.15, 0.2) is 0 Å². The van der Waals surface area contributed by atoms with Gasteiger partial charge in [0, 0.05) is 5.92 Å². The molecule has 0 heteroatoms. The normalized spacial score (nSPS) is 24.4. The minimum absolute atomic E-state index is 0.673. The Balaban J connectivity index is 1.50. The zero-order chi connectivity index (χ0) is 18.6. The van der Waals surface area contributed by atoms with Crippen LogP contribution in [0.1, 0.15) is 133 Å². The summed E-state index contributed by atoms with van der Waals surface area (Å²) in [6.45, 7) is 0. The molecule has 2 aliphatic carbocycles. The second-order valence-corrected chi connectivity index (χ2v) is 8.99. The van der Waals surface area contributed by atoms with Crippen LogP contribution >= 0.6 is 0 Å². The number of hydrogen-bond acceptors (Lipinski definition) is 0. The Kier molecular flexibility index (Phi) is 9.52. The van der Waals surface area contributed by atoms with Crippen LogP contribution in [0.25, 0.3) is 0 Å². The van der Waals surface area contributed by atoms with Crippen molar-refractivity contribution >= 4 is 0 Å². The van der Waals surface area contributed by atoms with E-state index in [1.807, 2.05) is 0 Å². The minimum Gasteiger partial charge on any atom is -0.0619 e. The predicted octanol–water partition coefficient (Wildman–Crippen LogP) is 8.90. The van der Waals surface area contributed by atoms with Crippen LogP contribution in [0.3, 0.4) is 0 Å². The molecule has 2 aliphatic rings. The second-order valence-electron chi connectivity index (χ2n) is 8.99. The summed E-state index contributed by atoms with van der Waals surface area (Å²) in [7, 11) is 0. The van der Waals surface area contributed by atoms with Crippen molar-refractivity contribution in [3.05, 3.63) is 47.0 Å². The molecule has 1 aromatic carbocycles. The summed E-state index contributed by atoms with van der Waals surface area (Å²) in [6.07, 6.45) is 29.6. The number of hydrogen-bond donors (Lipinski definition) is 0. The molecule has 0 aromatic heterocycles. The first-order valence-corrected chi connectivity index (χ1v) is 12.2. The highest BCUT2D eigenvalue weighted by Gasteiger charge is 2.24. The van der Waals surface area contributed by atoms with Crippen molar-refractivity contribution in [2.75, 3.05) is 0 Å². The van der Waals surface area contributed by atoms with Crippen LogP contribution in [0.5, 0.6) is 0 Å². The summed E-state index contributed by atoms with van der Waals surface area (Å²) in [5.74, 6) is 0.673. The van der Waals surface area contributed by atoms with Crippen molar-refractivity contribution < 1.29 is 0 Å². The van der Waals surface area contributed by atoms with Gasteiger partial charge in [-0.1, -0.05) is 126 Å². The van der Waals surface area contributed by atoms with E-state index in [-0.39, 0.29) is 0 Å².